The van der Waals surface area contributed by atoms with E-state index < -0.39 is 0 Å². The lowest BCUT2D eigenvalue weighted by Gasteiger charge is -2.34. The van der Waals surface area contributed by atoms with Crippen LogP contribution in [0.15, 0.2) is 16.6 Å². The third kappa shape index (κ3) is 2.13. The average Bonchev–Trinajstić information content (AvgIpc) is 2.21. The fourth-order valence-electron chi connectivity index (χ4n) is 2.20. The van der Waals surface area contributed by atoms with Crippen LogP contribution >= 0.6 is 27.5 Å². The van der Waals surface area contributed by atoms with Gasteiger partial charge in [0, 0.05) is 16.1 Å². The summed E-state index contributed by atoms with van der Waals surface area (Å²) in [5, 5.41) is 3.37. The normalized spacial score (nSPS) is 18.2. The van der Waals surface area contributed by atoms with Gasteiger partial charge in [0.15, 0.2) is 0 Å². The van der Waals surface area contributed by atoms with E-state index in [2.05, 4.69) is 21.2 Å². The van der Waals surface area contributed by atoms with E-state index in [9.17, 15) is 4.39 Å². The highest BCUT2D eigenvalue weighted by molar-refractivity contribution is 9.10. The highest BCUT2D eigenvalue weighted by Crippen LogP contribution is 2.40. The lowest BCUT2D eigenvalue weighted by atomic mass is 9.77. The molecule has 2 rings (SSSR count). The zero-order valence-electron chi connectivity index (χ0n) is 9.06. The van der Waals surface area contributed by atoms with Crippen molar-refractivity contribution >= 4 is 27.5 Å². The van der Waals surface area contributed by atoms with Crippen molar-refractivity contribution in [2.24, 2.45) is 5.92 Å². The first kappa shape index (κ1) is 12.3. The van der Waals surface area contributed by atoms with Crippen molar-refractivity contribution < 1.29 is 4.39 Å². The summed E-state index contributed by atoms with van der Waals surface area (Å²) in [4.78, 5) is 0. The number of halogens is 3. The van der Waals surface area contributed by atoms with Crippen LogP contribution in [0.3, 0.4) is 0 Å². The lowest BCUT2D eigenvalue weighted by Crippen LogP contribution is -2.30. The molecule has 1 fully saturated rings. The zero-order chi connectivity index (χ0) is 11.7. The Kier molecular flexibility index (Phi) is 3.88. The van der Waals surface area contributed by atoms with Crippen molar-refractivity contribution in [3.63, 3.8) is 0 Å². The van der Waals surface area contributed by atoms with E-state index in [4.69, 9.17) is 11.6 Å². The molecule has 1 nitrogen and oxygen atoms in total. The van der Waals surface area contributed by atoms with Gasteiger partial charge in [-0.25, -0.2) is 4.39 Å². The summed E-state index contributed by atoms with van der Waals surface area (Å²) < 4.78 is 14.6. The van der Waals surface area contributed by atoms with Gasteiger partial charge >= 0.3 is 0 Å². The van der Waals surface area contributed by atoms with Crippen LogP contribution in [0.25, 0.3) is 0 Å². The number of hydrogen-bond acceptors (Lipinski definition) is 1. The molecule has 16 heavy (non-hydrogen) atoms. The second-order valence-corrected chi connectivity index (χ2v) is 5.45. The van der Waals surface area contributed by atoms with Crippen LogP contribution in [0.1, 0.15) is 30.9 Å². The SMILES string of the molecule is CNC(c1ccc(Br)c(Cl)c1F)C1CCC1. The molecule has 1 unspecified atom stereocenters. The molecular formula is C12H14BrClFN. The minimum Gasteiger partial charge on any atom is -0.313 e. The molecule has 1 N–H and O–H groups in total. The molecule has 4 heteroatoms. The Morgan fingerprint density at radius 2 is 2.19 bits per heavy atom. The third-order valence-corrected chi connectivity index (χ3v) is 4.59. The van der Waals surface area contributed by atoms with Crippen LogP contribution in [-0.4, -0.2) is 7.05 Å². The molecule has 0 aromatic heterocycles. The Labute approximate surface area is 109 Å². The highest BCUT2D eigenvalue weighted by Gasteiger charge is 2.29. The van der Waals surface area contributed by atoms with Crippen LogP contribution in [0.4, 0.5) is 4.39 Å². The van der Waals surface area contributed by atoms with Gasteiger partial charge in [-0.3, -0.25) is 0 Å². The Bertz CT molecular complexity index is 393. The van der Waals surface area contributed by atoms with E-state index in [0.717, 1.165) is 0 Å². The van der Waals surface area contributed by atoms with Crippen LogP contribution in [0, 0.1) is 11.7 Å². The molecule has 0 bridgehead atoms. The smallest absolute Gasteiger partial charge is 0.147 e. The van der Waals surface area contributed by atoms with Gasteiger partial charge in [0.05, 0.1) is 5.02 Å². The first-order chi connectivity index (χ1) is 7.65. The van der Waals surface area contributed by atoms with Crippen molar-refractivity contribution in [2.45, 2.75) is 25.3 Å². The van der Waals surface area contributed by atoms with Crippen LogP contribution in [-0.2, 0) is 0 Å². The van der Waals surface area contributed by atoms with Crippen molar-refractivity contribution in [2.75, 3.05) is 7.05 Å². The van der Waals surface area contributed by atoms with Crippen molar-refractivity contribution in [3.05, 3.63) is 33.0 Å². The van der Waals surface area contributed by atoms with Gasteiger partial charge in [-0.2, -0.15) is 0 Å². The Hall–Kier alpha value is -0.120. The van der Waals surface area contributed by atoms with Gasteiger partial charge in [0.1, 0.15) is 5.82 Å². The second-order valence-electron chi connectivity index (χ2n) is 4.22. The van der Waals surface area contributed by atoms with Gasteiger partial charge in [0.2, 0.25) is 0 Å². The maximum Gasteiger partial charge on any atom is 0.147 e. The lowest BCUT2D eigenvalue weighted by molar-refractivity contribution is 0.235. The first-order valence-electron chi connectivity index (χ1n) is 5.45. The van der Waals surface area contributed by atoms with Gasteiger partial charge < -0.3 is 5.32 Å². The van der Waals surface area contributed by atoms with Crippen molar-refractivity contribution in [1.82, 2.24) is 5.32 Å². The largest absolute Gasteiger partial charge is 0.313 e. The molecular weight excluding hydrogens is 292 g/mol. The van der Waals surface area contributed by atoms with Gasteiger partial charge in [-0.1, -0.05) is 24.1 Å². The van der Waals surface area contributed by atoms with Crippen molar-refractivity contribution in [1.29, 1.82) is 0 Å². The zero-order valence-corrected chi connectivity index (χ0v) is 11.4. The Morgan fingerprint density at radius 3 is 2.69 bits per heavy atom. The van der Waals surface area contributed by atoms with E-state index in [1.54, 1.807) is 0 Å². The monoisotopic (exact) mass is 305 g/mol. The molecule has 1 aromatic carbocycles. The minimum atomic E-state index is -0.303. The van der Waals surface area contributed by atoms with Crippen molar-refractivity contribution in [3.8, 4) is 0 Å². The maximum absolute atomic E-state index is 14.0. The summed E-state index contributed by atoms with van der Waals surface area (Å²) in [6.45, 7) is 0. The van der Waals surface area contributed by atoms with Gasteiger partial charge in [-0.05, 0) is 47.8 Å². The Morgan fingerprint density at radius 1 is 1.50 bits per heavy atom. The molecule has 0 aliphatic heterocycles. The maximum atomic E-state index is 14.0. The highest BCUT2D eigenvalue weighted by atomic mass is 79.9. The minimum absolute atomic E-state index is 0.0827. The van der Waals surface area contributed by atoms with Gasteiger partial charge in [-0.15, -0.1) is 0 Å². The predicted molar refractivity (Wildman–Crippen MR) is 68.3 cm³/mol. The summed E-state index contributed by atoms with van der Waals surface area (Å²) in [6, 6.07) is 3.70. The second kappa shape index (κ2) is 5.03. The van der Waals surface area contributed by atoms with E-state index in [1.807, 2.05) is 19.2 Å². The molecule has 1 aromatic rings. The first-order valence-corrected chi connectivity index (χ1v) is 6.63. The molecule has 1 atom stereocenters. The van der Waals surface area contributed by atoms with Crippen LogP contribution in [0.5, 0.6) is 0 Å². The van der Waals surface area contributed by atoms with Crippen LogP contribution in [0.2, 0.25) is 5.02 Å². The Balaban J connectivity index is 2.34. The summed E-state index contributed by atoms with van der Waals surface area (Å²) in [5.41, 5.74) is 0.681. The molecule has 0 radical (unpaired) electrons. The van der Waals surface area contributed by atoms with E-state index >= 15 is 0 Å². The van der Waals surface area contributed by atoms with Crippen LogP contribution < -0.4 is 5.32 Å². The predicted octanol–water partition coefficient (Wildman–Crippen LogP) is 4.30. The van der Waals surface area contributed by atoms with Gasteiger partial charge in [0.25, 0.3) is 0 Å². The number of hydrogen-bond donors (Lipinski definition) is 1. The molecule has 1 aliphatic rings. The number of benzene rings is 1. The molecule has 0 saturated heterocycles. The average molecular weight is 307 g/mol. The standard InChI is InChI=1S/C12H14BrClFN/c1-16-12(7-3-2-4-7)8-5-6-9(13)10(14)11(8)15/h5-7,12,16H,2-4H2,1H3. The fraction of sp³-hybridized carbons (Fsp3) is 0.500. The molecule has 0 heterocycles. The van der Waals surface area contributed by atoms with E-state index in [-0.39, 0.29) is 16.9 Å². The molecule has 88 valence electrons. The fourth-order valence-corrected chi connectivity index (χ4v) is 2.68. The summed E-state index contributed by atoms with van der Waals surface area (Å²) in [7, 11) is 1.87. The van der Waals surface area contributed by atoms with E-state index in [0.29, 0.717) is 16.0 Å². The third-order valence-electron chi connectivity index (χ3n) is 3.33. The molecule has 0 spiro atoms. The summed E-state index contributed by atoms with van der Waals surface area (Å²) in [5.74, 6) is 0.235. The molecule has 1 aliphatic carbocycles. The molecule has 1 saturated carbocycles. The summed E-state index contributed by atoms with van der Waals surface area (Å²) in [6.07, 6.45) is 3.58. The summed E-state index contributed by atoms with van der Waals surface area (Å²) >= 11 is 9.13. The quantitative estimate of drug-likeness (QED) is 0.821. The topological polar surface area (TPSA) is 12.0 Å². The number of nitrogens with one attached hydrogen (secondary N) is 1. The molecule has 0 amide bonds. The van der Waals surface area contributed by atoms with E-state index in [1.165, 1.54) is 19.3 Å². The number of rotatable bonds is 3.